The van der Waals surface area contributed by atoms with E-state index in [0.29, 0.717) is 25.6 Å². The van der Waals surface area contributed by atoms with Crippen molar-refractivity contribution < 1.29 is 13.9 Å². The van der Waals surface area contributed by atoms with Crippen molar-refractivity contribution in [3.05, 3.63) is 35.6 Å². The third kappa shape index (κ3) is 7.09. The largest absolute Gasteiger partial charge is 0.375 e. The van der Waals surface area contributed by atoms with Crippen molar-refractivity contribution in [2.75, 3.05) is 40.8 Å². The molecule has 2 N–H and O–H groups in total. The SMILES string of the molecule is CCNC(=NCC1(C(=O)N(C)C)CCCC1)NCC(OC)c1ccc(F)cc1.I. The minimum atomic E-state index is -0.399. The number of amides is 1. The third-order valence-electron chi connectivity index (χ3n) is 5.29. The van der Waals surface area contributed by atoms with Crippen LogP contribution in [-0.2, 0) is 9.53 Å². The summed E-state index contributed by atoms with van der Waals surface area (Å²) in [6.07, 6.45) is 3.66. The molecular weight excluding hydrogens is 486 g/mol. The van der Waals surface area contributed by atoms with Gasteiger partial charge in [-0.25, -0.2) is 4.39 Å². The molecule has 1 unspecified atom stereocenters. The van der Waals surface area contributed by atoms with Gasteiger partial charge in [-0.15, -0.1) is 24.0 Å². The van der Waals surface area contributed by atoms with Gasteiger partial charge in [-0.05, 0) is 37.5 Å². The second-order valence-corrected chi connectivity index (χ2v) is 7.54. The molecule has 164 valence electrons. The third-order valence-corrected chi connectivity index (χ3v) is 5.29. The molecular formula is C21H34FIN4O2. The molecule has 1 aliphatic rings. The Morgan fingerprint density at radius 3 is 2.38 bits per heavy atom. The molecule has 0 aromatic heterocycles. The molecule has 8 heteroatoms. The Balaban J connectivity index is 0.00000420. The fraction of sp³-hybridized carbons (Fsp3) is 0.619. The number of ether oxygens (including phenoxy) is 1. The average molecular weight is 520 g/mol. The Labute approximate surface area is 190 Å². The molecule has 1 aliphatic carbocycles. The zero-order chi connectivity index (χ0) is 20.6. The number of guanidine groups is 1. The molecule has 0 radical (unpaired) electrons. The van der Waals surface area contributed by atoms with Gasteiger partial charge in [-0.1, -0.05) is 25.0 Å². The van der Waals surface area contributed by atoms with E-state index in [2.05, 4.69) is 10.6 Å². The Kier molecular flexibility index (Phi) is 10.9. The Morgan fingerprint density at radius 1 is 1.24 bits per heavy atom. The monoisotopic (exact) mass is 520 g/mol. The van der Waals surface area contributed by atoms with Gasteiger partial charge in [0.1, 0.15) is 5.82 Å². The predicted molar refractivity (Wildman–Crippen MR) is 125 cm³/mol. The molecule has 2 rings (SSSR count). The van der Waals surface area contributed by atoms with Gasteiger partial charge in [-0.2, -0.15) is 0 Å². The van der Waals surface area contributed by atoms with E-state index >= 15 is 0 Å². The highest BCUT2D eigenvalue weighted by Crippen LogP contribution is 2.39. The molecule has 29 heavy (non-hydrogen) atoms. The first-order valence-corrected chi connectivity index (χ1v) is 9.94. The number of carbonyl (C=O) groups excluding carboxylic acids is 1. The van der Waals surface area contributed by atoms with Gasteiger partial charge in [0.15, 0.2) is 5.96 Å². The Hall–Kier alpha value is -1.42. The molecule has 1 fully saturated rings. The van der Waals surface area contributed by atoms with Crippen molar-refractivity contribution in [2.24, 2.45) is 10.4 Å². The summed E-state index contributed by atoms with van der Waals surface area (Å²) in [5, 5.41) is 6.52. The summed E-state index contributed by atoms with van der Waals surface area (Å²) in [6.45, 7) is 3.67. The number of nitrogens with one attached hydrogen (secondary N) is 2. The maximum atomic E-state index is 13.2. The van der Waals surface area contributed by atoms with E-state index in [1.807, 2.05) is 6.92 Å². The molecule has 1 atom stereocenters. The summed E-state index contributed by atoms with van der Waals surface area (Å²) in [4.78, 5) is 19.1. The van der Waals surface area contributed by atoms with Crippen LogP contribution in [0.15, 0.2) is 29.3 Å². The second-order valence-electron chi connectivity index (χ2n) is 7.54. The zero-order valence-corrected chi connectivity index (χ0v) is 20.2. The highest BCUT2D eigenvalue weighted by molar-refractivity contribution is 14.0. The number of hydrogen-bond acceptors (Lipinski definition) is 3. The molecule has 0 bridgehead atoms. The first-order chi connectivity index (χ1) is 13.4. The molecule has 0 heterocycles. The van der Waals surface area contributed by atoms with Crippen LogP contribution in [0.3, 0.4) is 0 Å². The topological polar surface area (TPSA) is 66.0 Å². The number of benzene rings is 1. The van der Waals surface area contributed by atoms with Crippen LogP contribution < -0.4 is 10.6 Å². The lowest BCUT2D eigenvalue weighted by atomic mass is 9.85. The highest BCUT2D eigenvalue weighted by Gasteiger charge is 2.42. The van der Waals surface area contributed by atoms with Gasteiger partial charge in [0, 0.05) is 34.3 Å². The number of halogens is 2. The fourth-order valence-electron chi connectivity index (χ4n) is 3.74. The van der Waals surface area contributed by atoms with E-state index in [1.54, 1.807) is 38.2 Å². The van der Waals surface area contributed by atoms with Crippen LogP contribution in [0.5, 0.6) is 0 Å². The Morgan fingerprint density at radius 2 is 1.86 bits per heavy atom. The van der Waals surface area contributed by atoms with E-state index < -0.39 is 5.41 Å². The predicted octanol–water partition coefficient (Wildman–Crippen LogP) is 3.33. The highest BCUT2D eigenvalue weighted by atomic mass is 127. The van der Waals surface area contributed by atoms with Gasteiger partial charge in [0.05, 0.1) is 18.1 Å². The molecule has 1 aromatic rings. The minimum Gasteiger partial charge on any atom is -0.375 e. The zero-order valence-electron chi connectivity index (χ0n) is 17.8. The number of nitrogens with zero attached hydrogens (tertiary/aromatic N) is 2. The number of carbonyl (C=O) groups is 1. The number of hydrogen-bond donors (Lipinski definition) is 2. The van der Waals surface area contributed by atoms with E-state index in [4.69, 9.17) is 9.73 Å². The average Bonchev–Trinajstić information content (AvgIpc) is 3.17. The van der Waals surface area contributed by atoms with Gasteiger partial charge >= 0.3 is 0 Å². The van der Waals surface area contributed by atoms with Gasteiger partial charge in [-0.3, -0.25) is 9.79 Å². The van der Waals surface area contributed by atoms with Crippen molar-refractivity contribution >= 4 is 35.8 Å². The van der Waals surface area contributed by atoms with Crippen molar-refractivity contribution in [3.8, 4) is 0 Å². The van der Waals surface area contributed by atoms with Crippen LogP contribution in [0, 0.1) is 11.2 Å². The molecule has 1 amide bonds. The molecule has 0 spiro atoms. The lowest BCUT2D eigenvalue weighted by molar-refractivity contribution is -0.138. The number of rotatable bonds is 8. The van der Waals surface area contributed by atoms with Crippen LogP contribution >= 0.6 is 24.0 Å². The van der Waals surface area contributed by atoms with E-state index in [-0.39, 0.29) is 41.8 Å². The van der Waals surface area contributed by atoms with Crippen molar-refractivity contribution in [1.82, 2.24) is 15.5 Å². The maximum absolute atomic E-state index is 13.2. The lowest BCUT2D eigenvalue weighted by Gasteiger charge is -2.29. The van der Waals surface area contributed by atoms with Crippen molar-refractivity contribution in [1.29, 1.82) is 0 Å². The molecule has 6 nitrogen and oxygen atoms in total. The summed E-state index contributed by atoms with van der Waals surface area (Å²) in [5.74, 6) is 0.545. The minimum absolute atomic E-state index is 0. The number of methoxy groups -OCH3 is 1. The van der Waals surface area contributed by atoms with Crippen LogP contribution in [0.2, 0.25) is 0 Å². The van der Waals surface area contributed by atoms with Crippen molar-refractivity contribution in [3.63, 3.8) is 0 Å². The van der Waals surface area contributed by atoms with Crippen LogP contribution in [0.25, 0.3) is 0 Å². The smallest absolute Gasteiger partial charge is 0.230 e. The summed E-state index contributed by atoms with van der Waals surface area (Å²) < 4.78 is 18.7. The van der Waals surface area contributed by atoms with Crippen molar-refractivity contribution in [2.45, 2.75) is 38.7 Å². The van der Waals surface area contributed by atoms with E-state index in [1.165, 1.54) is 12.1 Å². The molecule has 1 aromatic carbocycles. The summed E-state index contributed by atoms with van der Waals surface area (Å²) in [7, 11) is 5.24. The Bertz CT molecular complexity index is 661. The first kappa shape index (κ1) is 25.6. The van der Waals surface area contributed by atoms with E-state index in [0.717, 1.165) is 31.2 Å². The number of aliphatic imine (C=N–C) groups is 1. The second kappa shape index (κ2) is 12.3. The molecule has 1 saturated carbocycles. The quantitative estimate of drug-likeness (QED) is 0.314. The molecule has 0 aliphatic heterocycles. The summed E-state index contributed by atoms with van der Waals surface area (Å²) in [6, 6.07) is 6.30. The van der Waals surface area contributed by atoms with Crippen LogP contribution in [0.4, 0.5) is 4.39 Å². The van der Waals surface area contributed by atoms with E-state index in [9.17, 15) is 9.18 Å². The van der Waals surface area contributed by atoms with Crippen LogP contribution in [-0.4, -0.2) is 57.6 Å². The van der Waals surface area contributed by atoms with Crippen LogP contribution in [0.1, 0.15) is 44.3 Å². The standard InChI is InChI=1S/C21H33FN4O2.HI/c1-5-23-20(24-14-18(28-4)16-8-10-17(22)11-9-16)25-15-21(12-6-7-13-21)19(27)26(2)3;/h8-11,18H,5-7,12-15H2,1-4H3,(H2,23,24,25);1H. The fourth-order valence-corrected chi connectivity index (χ4v) is 3.74. The van der Waals surface area contributed by atoms with Gasteiger partial charge in [0.25, 0.3) is 0 Å². The van der Waals surface area contributed by atoms with Gasteiger partial charge < -0.3 is 20.3 Å². The first-order valence-electron chi connectivity index (χ1n) is 9.94. The molecule has 0 saturated heterocycles. The van der Waals surface area contributed by atoms with Gasteiger partial charge in [0.2, 0.25) is 5.91 Å². The maximum Gasteiger partial charge on any atom is 0.230 e. The lowest BCUT2D eigenvalue weighted by Crippen LogP contribution is -2.43. The summed E-state index contributed by atoms with van der Waals surface area (Å²) in [5.41, 5.74) is 0.492. The summed E-state index contributed by atoms with van der Waals surface area (Å²) >= 11 is 0. The normalized spacial score (nSPS) is 16.7.